The molecule has 0 saturated carbocycles. The maximum atomic E-state index is 12.7. The van der Waals surface area contributed by atoms with Gasteiger partial charge in [0.1, 0.15) is 11.9 Å². The number of ether oxygens (including phenoxy) is 1. The van der Waals surface area contributed by atoms with Gasteiger partial charge < -0.3 is 9.64 Å². The molecular weight excluding hydrogens is 390 g/mol. The van der Waals surface area contributed by atoms with Gasteiger partial charge in [-0.05, 0) is 62.6 Å². The Bertz CT molecular complexity index is 837. The lowest BCUT2D eigenvalue weighted by Gasteiger charge is -2.32. The van der Waals surface area contributed by atoms with E-state index >= 15 is 0 Å². The molecule has 2 saturated heterocycles. The van der Waals surface area contributed by atoms with Crippen LogP contribution in [0.25, 0.3) is 0 Å². The summed E-state index contributed by atoms with van der Waals surface area (Å²) in [6, 6.07) is 14.4. The summed E-state index contributed by atoms with van der Waals surface area (Å²) in [5, 5.41) is 0. The van der Waals surface area contributed by atoms with Crippen LogP contribution >= 0.6 is 0 Å². The quantitative estimate of drug-likeness (QED) is 0.713. The summed E-state index contributed by atoms with van der Waals surface area (Å²) >= 11 is 0. The summed E-state index contributed by atoms with van der Waals surface area (Å²) in [6.07, 6.45) is 5.08. The van der Waals surface area contributed by atoms with Crippen molar-refractivity contribution >= 4 is 5.91 Å². The predicted octanol–water partition coefficient (Wildman–Crippen LogP) is 2.45. The molecule has 1 amide bonds. The Morgan fingerprint density at radius 1 is 1.16 bits per heavy atom. The molecule has 31 heavy (non-hydrogen) atoms. The van der Waals surface area contributed by atoms with E-state index in [9.17, 15) is 4.79 Å². The topological polar surface area (TPSA) is 69.7 Å². The number of hydrazine groups is 1. The smallest absolute Gasteiger partial charge is 0.253 e. The number of carbonyl (C=O) groups excluding carboxylic acids is 1. The largest absolute Gasteiger partial charge is 0.490 e. The molecule has 1 aromatic carbocycles. The Morgan fingerprint density at radius 3 is 2.58 bits per heavy atom. The fourth-order valence-corrected chi connectivity index (χ4v) is 4.33. The Balaban J connectivity index is 1.23. The zero-order valence-electron chi connectivity index (χ0n) is 18.5. The van der Waals surface area contributed by atoms with Crippen molar-refractivity contribution in [3.8, 4) is 5.75 Å². The van der Waals surface area contributed by atoms with Gasteiger partial charge in [0.15, 0.2) is 0 Å². The van der Waals surface area contributed by atoms with Crippen LogP contribution < -0.4 is 15.6 Å². The van der Waals surface area contributed by atoms with Crippen LogP contribution in [0.1, 0.15) is 42.2 Å². The Morgan fingerprint density at radius 2 is 1.94 bits per heavy atom. The maximum absolute atomic E-state index is 12.7. The Kier molecular flexibility index (Phi) is 7.17. The van der Waals surface area contributed by atoms with E-state index < -0.39 is 0 Å². The van der Waals surface area contributed by atoms with Crippen LogP contribution in [0.3, 0.4) is 0 Å². The van der Waals surface area contributed by atoms with Gasteiger partial charge >= 0.3 is 0 Å². The first kappa shape index (κ1) is 21.7. The average Bonchev–Trinajstić information content (AvgIpc) is 3.20. The number of nitrogens with one attached hydrogen (secondary N) is 2. The van der Waals surface area contributed by atoms with Crippen molar-refractivity contribution in [2.45, 2.75) is 50.9 Å². The minimum atomic E-state index is 0.0377. The van der Waals surface area contributed by atoms with E-state index in [-0.39, 0.29) is 18.1 Å². The number of likely N-dealkylation sites (N-methyl/N-ethyl adjacent to an activating group) is 1. The number of aromatic nitrogens is 1. The van der Waals surface area contributed by atoms with Crippen LogP contribution in [0, 0.1) is 0 Å². The van der Waals surface area contributed by atoms with Gasteiger partial charge in [0.25, 0.3) is 5.91 Å². The van der Waals surface area contributed by atoms with Crippen molar-refractivity contribution in [1.82, 2.24) is 25.6 Å². The second-order valence-corrected chi connectivity index (χ2v) is 8.75. The van der Waals surface area contributed by atoms with Gasteiger partial charge in [-0.15, -0.1) is 0 Å². The number of carbonyl (C=O) groups is 1. The van der Waals surface area contributed by atoms with Gasteiger partial charge in [-0.2, -0.15) is 0 Å². The van der Waals surface area contributed by atoms with Crippen molar-refractivity contribution < 1.29 is 9.53 Å². The number of piperidine rings is 1. The summed E-state index contributed by atoms with van der Waals surface area (Å²) in [6.45, 7) is 5.73. The molecule has 2 unspecified atom stereocenters. The normalized spacial score (nSPS) is 22.4. The molecule has 2 atom stereocenters. The molecule has 0 bridgehead atoms. The molecule has 0 radical (unpaired) electrons. The van der Waals surface area contributed by atoms with E-state index in [4.69, 9.17) is 4.74 Å². The van der Waals surface area contributed by atoms with E-state index in [1.807, 2.05) is 49.6 Å². The highest BCUT2D eigenvalue weighted by Crippen LogP contribution is 2.21. The molecular formula is C24H33N5O2. The number of amides is 1. The summed E-state index contributed by atoms with van der Waals surface area (Å²) in [4.78, 5) is 21.4. The molecule has 3 heterocycles. The number of benzene rings is 1. The standard InChI is InChI=1S/C24H33N5O2/c1-18-15-21(27-26-18)16-28(2)24(30)19-6-8-22(9-7-19)31-23-10-13-29(14-11-23)17-20-5-3-4-12-25-20/h3-9,12,18,21,23,26-27H,10-11,13-17H2,1-2H3. The highest BCUT2D eigenvalue weighted by Gasteiger charge is 2.24. The van der Waals surface area contributed by atoms with Crippen molar-refractivity contribution in [2.75, 3.05) is 26.7 Å². The van der Waals surface area contributed by atoms with Crippen LogP contribution in [-0.2, 0) is 6.54 Å². The second-order valence-electron chi connectivity index (χ2n) is 8.75. The SMILES string of the molecule is CC1CC(CN(C)C(=O)c2ccc(OC3CCN(Cc4ccccn4)CC3)cc2)NN1. The molecule has 166 valence electrons. The summed E-state index contributed by atoms with van der Waals surface area (Å²) in [5.74, 6) is 0.869. The molecule has 2 fully saturated rings. The fraction of sp³-hybridized carbons (Fsp3) is 0.500. The molecule has 0 spiro atoms. The fourth-order valence-electron chi connectivity index (χ4n) is 4.33. The number of pyridine rings is 1. The van der Waals surface area contributed by atoms with Gasteiger partial charge in [-0.1, -0.05) is 6.07 Å². The van der Waals surface area contributed by atoms with Crippen molar-refractivity contribution in [3.05, 3.63) is 59.9 Å². The molecule has 4 rings (SSSR count). The Labute approximate surface area is 184 Å². The van der Waals surface area contributed by atoms with Gasteiger partial charge in [0, 0.05) is 57.1 Å². The van der Waals surface area contributed by atoms with Crippen LogP contribution in [0.15, 0.2) is 48.7 Å². The second kappa shape index (κ2) is 10.2. The van der Waals surface area contributed by atoms with Gasteiger partial charge in [0.05, 0.1) is 5.69 Å². The van der Waals surface area contributed by atoms with E-state index in [0.717, 1.165) is 50.3 Å². The number of likely N-dealkylation sites (tertiary alicyclic amines) is 1. The minimum Gasteiger partial charge on any atom is -0.490 e. The third kappa shape index (κ3) is 6.03. The monoisotopic (exact) mass is 423 g/mol. The average molecular weight is 424 g/mol. The molecule has 2 aromatic rings. The van der Waals surface area contributed by atoms with Crippen molar-refractivity contribution in [1.29, 1.82) is 0 Å². The molecule has 2 aliphatic rings. The predicted molar refractivity (Wildman–Crippen MR) is 121 cm³/mol. The Hall–Kier alpha value is -2.48. The van der Waals surface area contributed by atoms with Gasteiger partial charge in [-0.3, -0.25) is 25.5 Å². The molecule has 7 heteroatoms. The summed E-state index contributed by atoms with van der Waals surface area (Å²) in [7, 11) is 1.86. The van der Waals surface area contributed by atoms with E-state index in [0.29, 0.717) is 18.2 Å². The number of nitrogens with zero attached hydrogens (tertiary/aromatic N) is 3. The van der Waals surface area contributed by atoms with Crippen molar-refractivity contribution in [2.24, 2.45) is 0 Å². The van der Waals surface area contributed by atoms with Gasteiger partial charge in [0.2, 0.25) is 0 Å². The lowest BCUT2D eigenvalue weighted by atomic mass is 10.1. The van der Waals surface area contributed by atoms with Crippen LogP contribution in [0.5, 0.6) is 5.75 Å². The molecule has 2 N–H and O–H groups in total. The number of hydrogen-bond donors (Lipinski definition) is 2. The molecule has 1 aromatic heterocycles. The first-order valence-electron chi connectivity index (χ1n) is 11.2. The summed E-state index contributed by atoms with van der Waals surface area (Å²) < 4.78 is 6.18. The van der Waals surface area contributed by atoms with E-state index in [1.54, 1.807) is 4.90 Å². The number of hydrogen-bond acceptors (Lipinski definition) is 6. The highest BCUT2D eigenvalue weighted by molar-refractivity contribution is 5.94. The van der Waals surface area contributed by atoms with E-state index in [2.05, 4.69) is 33.7 Å². The lowest BCUT2D eigenvalue weighted by Crippen LogP contribution is -2.41. The maximum Gasteiger partial charge on any atom is 0.253 e. The molecule has 2 aliphatic heterocycles. The van der Waals surface area contributed by atoms with Crippen LogP contribution in [0.4, 0.5) is 0 Å². The van der Waals surface area contributed by atoms with Crippen molar-refractivity contribution in [3.63, 3.8) is 0 Å². The number of rotatable bonds is 7. The zero-order valence-corrected chi connectivity index (χ0v) is 18.5. The summed E-state index contributed by atoms with van der Waals surface area (Å²) in [5.41, 5.74) is 8.25. The lowest BCUT2D eigenvalue weighted by molar-refractivity contribution is 0.0782. The highest BCUT2D eigenvalue weighted by atomic mass is 16.5. The van der Waals surface area contributed by atoms with Gasteiger partial charge in [-0.25, -0.2) is 0 Å². The third-order valence-corrected chi connectivity index (χ3v) is 6.06. The van der Waals surface area contributed by atoms with Crippen LogP contribution in [0.2, 0.25) is 0 Å². The van der Waals surface area contributed by atoms with Crippen LogP contribution in [-0.4, -0.2) is 65.6 Å². The third-order valence-electron chi connectivity index (χ3n) is 6.06. The molecule has 0 aliphatic carbocycles. The first-order chi connectivity index (χ1) is 15.1. The first-order valence-corrected chi connectivity index (χ1v) is 11.2. The minimum absolute atomic E-state index is 0.0377. The zero-order chi connectivity index (χ0) is 21.6. The van der Waals surface area contributed by atoms with E-state index in [1.165, 1.54) is 0 Å². The molecule has 7 nitrogen and oxygen atoms in total.